The average Bonchev–Trinajstić information content (AvgIpc) is 2.99. The van der Waals surface area contributed by atoms with Gasteiger partial charge in [0.15, 0.2) is 9.84 Å². The summed E-state index contributed by atoms with van der Waals surface area (Å²) in [5.41, 5.74) is 0. The van der Waals surface area contributed by atoms with Crippen LogP contribution in [0.3, 0.4) is 0 Å². The molecule has 4 nitrogen and oxygen atoms in total. The van der Waals surface area contributed by atoms with Crippen LogP contribution in [0.1, 0.15) is 25.7 Å². The molecule has 1 saturated carbocycles. The van der Waals surface area contributed by atoms with E-state index in [4.69, 9.17) is 0 Å². The molecule has 1 aliphatic heterocycles. The van der Waals surface area contributed by atoms with Crippen molar-refractivity contribution in [3.63, 3.8) is 0 Å². The fourth-order valence-electron chi connectivity index (χ4n) is 2.33. The largest absolute Gasteiger partial charge is 0.312 e. The molecular formula is C11H22N2O2S. The zero-order chi connectivity index (χ0) is 11.6. The Hall–Kier alpha value is -0.130. The third-order valence-corrected chi connectivity index (χ3v) is 5.35. The number of rotatable bonds is 5. The number of sulfone groups is 1. The van der Waals surface area contributed by atoms with Crippen LogP contribution in [0.15, 0.2) is 0 Å². The first kappa shape index (κ1) is 12.3. The minimum absolute atomic E-state index is 0.186. The summed E-state index contributed by atoms with van der Waals surface area (Å²) in [7, 11) is -0.613. The second kappa shape index (κ2) is 5.02. The molecule has 0 aromatic carbocycles. The van der Waals surface area contributed by atoms with Crippen LogP contribution in [-0.2, 0) is 9.84 Å². The fourth-order valence-corrected chi connectivity index (χ4v) is 4.00. The Balaban J connectivity index is 1.65. The summed E-state index contributed by atoms with van der Waals surface area (Å²) in [6.45, 7) is 1.94. The second-order valence-electron chi connectivity index (χ2n) is 5.12. The molecular weight excluding hydrogens is 224 g/mol. The maximum absolute atomic E-state index is 11.4. The summed E-state index contributed by atoms with van der Waals surface area (Å²) in [6.07, 6.45) is 4.48. The van der Waals surface area contributed by atoms with Crippen LogP contribution in [0.2, 0.25) is 0 Å². The van der Waals surface area contributed by atoms with Gasteiger partial charge < -0.3 is 10.2 Å². The lowest BCUT2D eigenvalue weighted by molar-refractivity contribution is 0.313. The molecule has 1 heterocycles. The maximum Gasteiger partial charge on any atom is 0.151 e. The van der Waals surface area contributed by atoms with Crippen molar-refractivity contribution in [2.45, 2.75) is 37.8 Å². The average molecular weight is 246 g/mol. The molecule has 0 aromatic heterocycles. The molecule has 2 rings (SSSR count). The Labute approximate surface area is 98.3 Å². The minimum atomic E-state index is -2.76. The fraction of sp³-hybridized carbons (Fsp3) is 1.00. The van der Waals surface area contributed by atoms with E-state index < -0.39 is 9.84 Å². The summed E-state index contributed by atoms with van der Waals surface area (Å²) in [5, 5.41) is 3.37. The van der Waals surface area contributed by atoms with Crippen LogP contribution in [0.5, 0.6) is 0 Å². The number of hydrogen-bond acceptors (Lipinski definition) is 4. The predicted octanol–water partition coefficient (Wildman–Crippen LogP) is 0.247. The number of nitrogens with one attached hydrogen (secondary N) is 1. The highest BCUT2D eigenvalue weighted by molar-refractivity contribution is 7.91. The van der Waals surface area contributed by atoms with Gasteiger partial charge in [-0.25, -0.2) is 8.42 Å². The van der Waals surface area contributed by atoms with Crippen molar-refractivity contribution in [3.8, 4) is 0 Å². The van der Waals surface area contributed by atoms with Crippen molar-refractivity contribution in [3.05, 3.63) is 0 Å². The first-order valence-corrected chi connectivity index (χ1v) is 8.03. The van der Waals surface area contributed by atoms with Crippen molar-refractivity contribution < 1.29 is 8.42 Å². The van der Waals surface area contributed by atoms with Crippen molar-refractivity contribution >= 4 is 9.84 Å². The van der Waals surface area contributed by atoms with Gasteiger partial charge in [0, 0.05) is 25.2 Å². The normalized spacial score (nSPS) is 29.5. The van der Waals surface area contributed by atoms with Gasteiger partial charge in [-0.15, -0.1) is 0 Å². The molecule has 1 aliphatic carbocycles. The number of hydrogen-bond donors (Lipinski definition) is 1. The van der Waals surface area contributed by atoms with E-state index in [0.29, 0.717) is 11.5 Å². The van der Waals surface area contributed by atoms with Crippen molar-refractivity contribution in [1.82, 2.24) is 10.2 Å². The van der Waals surface area contributed by atoms with Crippen molar-refractivity contribution in [2.24, 2.45) is 0 Å². The van der Waals surface area contributed by atoms with Gasteiger partial charge in [-0.3, -0.25) is 0 Å². The highest BCUT2D eigenvalue weighted by Gasteiger charge is 2.27. The Bertz CT molecular complexity index is 325. The zero-order valence-corrected chi connectivity index (χ0v) is 10.8. The lowest BCUT2D eigenvalue weighted by Crippen LogP contribution is -2.43. The van der Waals surface area contributed by atoms with Gasteiger partial charge in [0.1, 0.15) is 0 Å². The van der Waals surface area contributed by atoms with Crippen LogP contribution in [0, 0.1) is 0 Å². The molecule has 0 amide bonds. The van der Waals surface area contributed by atoms with E-state index in [1.54, 1.807) is 0 Å². The summed E-state index contributed by atoms with van der Waals surface area (Å²) in [6, 6.07) is 0.975. The smallest absolute Gasteiger partial charge is 0.151 e. The lowest BCUT2D eigenvalue weighted by Gasteiger charge is -2.24. The summed E-state index contributed by atoms with van der Waals surface area (Å²) < 4.78 is 22.9. The van der Waals surface area contributed by atoms with E-state index in [0.717, 1.165) is 32.0 Å². The standard InChI is InChI=1S/C11H22N2O2S/c1-13(11-4-5-11)7-6-12-10-3-2-8-16(14,15)9-10/h10-12H,2-9H2,1H3. The van der Waals surface area contributed by atoms with Crippen LogP contribution in [0.25, 0.3) is 0 Å². The number of likely N-dealkylation sites (N-methyl/N-ethyl adjacent to an activating group) is 1. The van der Waals surface area contributed by atoms with Gasteiger partial charge in [0.05, 0.1) is 11.5 Å². The molecule has 0 radical (unpaired) electrons. The molecule has 1 atom stereocenters. The van der Waals surface area contributed by atoms with Gasteiger partial charge >= 0.3 is 0 Å². The van der Waals surface area contributed by atoms with Crippen LogP contribution in [0.4, 0.5) is 0 Å². The first-order chi connectivity index (χ1) is 7.57. The molecule has 0 spiro atoms. The molecule has 0 aromatic rings. The van der Waals surface area contributed by atoms with Crippen LogP contribution in [-0.4, -0.2) is 57.0 Å². The third-order valence-electron chi connectivity index (χ3n) is 3.53. The molecule has 94 valence electrons. The van der Waals surface area contributed by atoms with Crippen molar-refractivity contribution in [1.29, 1.82) is 0 Å². The second-order valence-corrected chi connectivity index (χ2v) is 7.35. The molecule has 2 aliphatic rings. The van der Waals surface area contributed by atoms with Gasteiger partial charge in [-0.1, -0.05) is 0 Å². The van der Waals surface area contributed by atoms with Gasteiger partial charge in [-0.05, 0) is 32.7 Å². The number of nitrogens with zero attached hydrogens (tertiary/aromatic N) is 1. The predicted molar refractivity (Wildman–Crippen MR) is 65.3 cm³/mol. The lowest BCUT2D eigenvalue weighted by atomic mass is 10.2. The van der Waals surface area contributed by atoms with Gasteiger partial charge in [0.2, 0.25) is 0 Å². The Kier molecular flexibility index (Phi) is 3.87. The topological polar surface area (TPSA) is 49.4 Å². The van der Waals surface area contributed by atoms with Crippen LogP contribution >= 0.6 is 0 Å². The molecule has 0 bridgehead atoms. The van der Waals surface area contributed by atoms with E-state index in [-0.39, 0.29) is 6.04 Å². The molecule has 16 heavy (non-hydrogen) atoms. The Morgan fingerprint density at radius 1 is 1.31 bits per heavy atom. The maximum atomic E-state index is 11.4. The Morgan fingerprint density at radius 3 is 2.69 bits per heavy atom. The molecule has 5 heteroatoms. The molecule has 1 unspecified atom stereocenters. The third kappa shape index (κ3) is 3.71. The van der Waals surface area contributed by atoms with Gasteiger partial charge in [0.25, 0.3) is 0 Å². The Morgan fingerprint density at radius 2 is 2.06 bits per heavy atom. The quantitative estimate of drug-likeness (QED) is 0.755. The SMILES string of the molecule is CN(CCNC1CCCS(=O)(=O)C1)C1CC1. The zero-order valence-electron chi connectivity index (χ0n) is 9.98. The summed E-state index contributed by atoms with van der Waals surface area (Å²) >= 11 is 0. The highest BCUT2D eigenvalue weighted by Crippen LogP contribution is 2.24. The summed E-state index contributed by atoms with van der Waals surface area (Å²) in [4.78, 5) is 2.37. The van der Waals surface area contributed by atoms with E-state index >= 15 is 0 Å². The molecule has 1 saturated heterocycles. The highest BCUT2D eigenvalue weighted by atomic mass is 32.2. The van der Waals surface area contributed by atoms with E-state index in [1.807, 2.05) is 0 Å². The monoisotopic (exact) mass is 246 g/mol. The van der Waals surface area contributed by atoms with E-state index in [2.05, 4.69) is 17.3 Å². The summed E-state index contributed by atoms with van der Waals surface area (Å²) in [5.74, 6) is 0.716. The molecule has 2 fully saturated rings. The minimum Gasteiger partial charge on any atom is -0.312 e. The first-order valence-electron chi connectivity index (χ1n) is 6.21. The van der Waals surface area contributed by atoms with Crippen LogP contribution < -0.4 is 5.32 Å². The van der Waals surface area contributed by atoms with Crippen molar-refractivity contribution in [2.75, 3.05) is 31.6 Å². The van der Waals surface area contributed by atoms with E-state index in [1.165, 1.54) is 12.8 Å². The molecule has 1 N–H and O–H groups in total. The van der Waals surface area contributed by atoms with Gasteiger partial charge in [-0.2, -0.15) is 0 Å². The van der Waals surface area contributed by atoms with E-state index in [9.17, 15) is 8.42 Å².